The van der Waals surface area contributed by atoms with Crippen LogP contribution in [0.3, 0.4) is 0 Å². The van der Waals surface area contributed by atoms with Gasteiger partial charge < -0.3 is 9.47 Å². The average Bonchev–Trinajstić information content (AvgIpc) is 2.94. The fourth-order valence-corrected chi connectivity index (χ4v) is 4.43. The van der Waals surface area contributed by atoms with Crippen LogP contribution in [-0.4, -0.2) is 18.5 Å². The van der Waals surface area contributed by atoms with Crippen molar-refractivity contribution in [3.05, 3.63) is 64.7 Å². The van der Waals surface area contributed by atoms with Crippen molar-refractivity contribution in [2.75, 3.05) is 6.61 Å². The molecule has 0 saturated heterocycles. The number of cyclic esters (lactones) is 1. The van der Waals surface area contributed by atoms with E-state index >= 15 is 0 Å². The van der Waals surface area contributed by atoms with Crippen molar-refractivity contribution in [2.24, 2.45) is 4.99 Å². The Morgan fingerprint density at radius 1 is 1.27 bits per heavy atom. The monoisotopic (exact) mass is 609 g/mol. The van der Waals surface area contributed by atoms with Gasteiger partial charge in [0.15, 0.2) is 5.70 Å². The van der Waals surface area contributed by atoms with Crippen molar-refractivity contribution in [3.8, 4) is 5.75 Å². The number of carbonyl (C=O) groups excluding carboxylic acids is 1. The van der Waals surface area contributed by atoms with Crippen LogP contribution in [0, 0.1) is 3.57 Å². The Morgan fingerprint density at radius 3 is 2.62 bits per heavy atom. The molecule has 0 spiro atoms. The van der Waals surface area contributed by atoms with Crippen LogP contribution in [0.15, 0.2) is 50.0 Å². The van der Waals surface area contributed by atoms with E-state index in [0.29, 0.717) is 22.9 Å². The van der Waals surface area contributed by atoms with Crippen molar-refractivity contribution in [1.82, 2.24) is 0 Å². The lowest BCUT2D eigenvalue weighted by molar-refractivity contribution is -0.129. The number of carbonyl (C=O) groups is 1. The first-order chi connectivity index (χ1) is 12.4. The Labute approximate surface area is 186 Å². The second kappa shape index (κ2) is 8.41. The van der Waals surface area contributed by atoms with E-state index in [0.717, 1.165) is 18.1 Å². The molecule has 0 aromatic heterocycles. The first kappa shape index (κ1) is 19.9. The number of hydrogen-bond donors (Lipinski definition) is 0. The summed E-state index contributed by atoms with van der Waals surface area (Å²) in [5, 5.41) is 0.477. The van der Waals surface area contributed by atoms with Crippen LogP contribution in [0.4, 0.5) is 0 Å². The quantitative estimate of drug-likeness (QED) is 0.235. The third-order valence-electron chi connectivity index (χ3n) is 3.39. The summed E-state index contributed by atoms with van der Waals surface area (Å²) in [4.78, 5) is 16.5. The first-order valence-corrected chi connectivity index (χ1v) is 10.5. The zero-order chi connectivity index (χ0) is 18.8. The standard InChI is InChI=1S/C18H11Br2ClINO3/c1-2-25-16-12(19)5-9(6-13(16)20)7-15-18(24)26-17(23-15)11-8-10(22)3-4-14(11)21/h3-8H,2H2,1H3/b15-7-. The van der Waals surface area contributed by atoms with Crippen molar-refractivity contribution >= 4 is 84.0 Å². The van der Waals surface area contributed by atoms with Crippen LogP contribution in [0.1, 0.15) is 18.1 Å². The molecule has 0 aliphatic carbocycles. The maximum Gasteiger partial charge on any atom is 0.363 e. The van der Waals surface area contributed by atoms with Gasteiger partial charge in [-0.2, -0.15) is 0 Å². The van der Waals surface area contributed by atoms with Crippen molar-refractivity contribution < 1.29 is 14.3 Å². The van der Waals surface area contributed by atoms with Gasteiger partial charge in [-0.3, -0.25) is 0 Å². The molecule has 0 atom stereocenters. The van der Waals surface area contributed by atoms with Gasteiger partial charge in [-0.25, -0.2) is 9.79 Å². The Morgan fingerprint density at radius 2 is 1.96 bits per heavy atom. The summed E-state index contributed by atoms with van der Waals surface area (Å²) in [6.07, 6.45) is 1.66. The van der Waals surface area contributed by atoms with Crippen molar-refractivity contribution in [1.29, 1.82) is 0 Å². The van der Waals surface area contributed by atoms with Crippen LogP contribution in [0.5, 0.6) is 5.75 Å². The van der Waals surface area contributed by atoms with Gasteiger partial charge in [-0.05, 0) is 103 Å². The second-order valence-electron chi connectivity index (χ2n) is 5.21. The summed E-state index contributed by atoms with van der Waals surface area (Å²) < 4.78 is 13.4. The molecule has 0 radical (unpaired) electrons. The molecule has 26 heavy (non-hydrogen) atoms. The summed E-state index contributed by atoms with van der Waals surface area (Å²) in [6, 6.07) is 9.14. The lowest BCUT2D eigenvalue weighted by Crippen LogP contribution is -2.06. The summed E-state index contributed by atoms with van der Waals surface area (Å²) >= 11 is 15.3. The molecule has 1 aliphatic rings. The highest BCUT2D eigenvalue weighted by molar-refractivity contribution is 14.1. The molecule has 134 valence electrons. The SMILES string of the molecule is CCOc1c(Br)cc(/C=C2\N=C(c3cc(I)ccc3Cl)OC2=O)cc1Br. The molecule has 1 heterocycles. The minimum absolute atomic E-state index is 0.203. The van der Waals surface area contributed by atoms with Crippen LogP contribution in [-0.2, 0) is 9.53 Å². The average molecular weight is 611 g/mol. The number of hydrogen-bond acceptors (Lipinski definition) is 4. The summed E-state index contributed by atoms with van der Waals surface area (Å²) in [5.74, 6) is 0.392. The normalized spacial score (nSPS) is 15.2. The molecule has 2 aromatic rings. The van der Waals surface area contributed by atoms with Crippen molar-refractivity contribution in [2.45, 2.75) is 6.92 Å². The summed E-state index contributed by atoms with van der Waals surface area (Å²) in [6.45, 7) is 2.46. The molecule has 0 unspecified atom stereocenters. The molecule has 3 rings (SSSR count). The van der Waals surface area contributed by atoms with E-state index in [4.69, 9.17) is 21.1 Å². The Hall–Kier alpha value is -0.900. The molecular formula is C18H11Br2ClINO3. The third-order valence-corrected chi connectivity index (χ3v) is 5.57. The van der Waals surface area contributed by atoms with Crippen LogP contribution in [0.2, 0.25) is 5.02 Å². The first-order valence-electron chi connectivity index (χ1n) is 7.49. The zero-order valence-corrected chi connectivity index (χ0v) is 19.4. The van der Waals surface area contributed by atoms with Crippen LogP contribution >= 0.6 is 66.1 Å². The lowest BCUT2D eigenvalue weighted by Gasteiger charge is -2.09. The van der Waals surface area contributed by atoms with Gasteiger partial charge in [-0.1, -0.05) is 11.6 Å². The molecule has 0 bridgehead atoms. The number of rotatable bonds is 4. The van der Waals surface area contributed by atoms with Crippen molar-refractivity contribution in [3.63, 3.8) is 0 Å². The number of benzene rings is 2. The molecule has 0 fully saturated rings. The second-order valence-corrected chi connectivity index (χ2v) is 8.57. The van der Waals surface area contributed by atoms with Gasteiger partial charge in [0.25, 0.3) is 0 Å². The van der Waals surface area contributed by atoms with Gasteiger partial charge in [0, 0.05) is 3.57 Å². The molecule has 4 nitrogen and oxygen atoms in total. The van der Waals surface area contributed by atoms with E-state index in [9.17, 15) is 4.79 Å². The highest BCUT2D eigenvalue weighted by atomic mass is 127. The topological polar surface area (TPSA) is 47.9 Å². The Bertz CT molecular complexity index is 936. The van der Waals surface area contributed by atoms with E-state index in [1.54, 1.807) is 12.1 Å². The molecule has 1 aliphatic heterocycles. The number of aliphatic imine (C=N–C) groups is 1. The molecule has 0 saturated carbocycles. The number of nitrogens with zero attached hydrogens (tertiary/aromatic N) is 1. The Balaban J connectivity index is 1.98. The highest BCUT2D eigenvalue weighted by Gasteiger charge is 2.26. The Kier molecular flexibility index (Phi) is 6.42. The van der Waals surface area contributed by atoms with E-state index < -0.39 is 5.97 Å². The van der Waals surface area contributed by atoms with Crippen LogP contribution < -0.4 is 4.74 Å². The maximum atomic E-state index is 12.2. The summed E-state index contributed by atoms with van der Waals surface area (Å²) in [5.41, 5.74) is 1.57. The largest absolute Gasteiger partial charge is 0.492 e. The molecule has 8 heteroatoms. The number of halogens is 4. The third kappa shape index (κ3) is 4.32. The predicted octanol–water partition coefficient (Wildman–Crippen LogP) is 6.21. The minimum Gasteiger partial charge on any atom is -0.492 e. The maximum absolute atomic E-state index is 12.2. The van der Waals surface area contributed by atoms with Gasteiger partial charge >= 0.3 is 5.97 Å². The molecule has 0 N–H and O–H groups in total. The van der Waals surface area contributed by atoms with E-state index in [2.05, 4.69) is 59.4 Å². The number of esters is 1. The number of ether oxygens (including phenoxy) is 2. The van der Waals surface area contributed by atoms with Gasteiger partial charge in [0.1, 0.15) is 5.75 Å². The van der Waals surface area contributed by atoms with E-state index in [1.807, 2.05) is 31.2 Å². The van der Waals surface area contributed by atoms with Gasteiger partial charge in [0.05, 0.1) is 26.1 Å². The lowest BCUT2D eigenvalue weighted by atomic mass is 10.2. The van der Waals surface area contributed by atoms with E-state index in [-0.39, 0.29) is 11.6 Å². The van der Waals surface area contributed by atoms with Gasteiger partial charge in [-0.15, -0.1) is 0 Å². The smallest absolute Gasteiger partial charge is 0.363 e. The molecular weight excluding hydrogens is 600 g/mol. The highest BCUT2D eigenvalue weighted by Crippen LogP contribution is 2.36. The molecule has 2 aromatic carbocycles. The predicted molar refractivity (Wildman–Crippen MR) is 118 cm³/mol. The van der Waals surface area contributed by atoms with Gasteiger partial charge in [0.2, 0.25) is 5.90 Å². The summed E-state index contributed by atoms with van der Waals surface area (Å²) in [7, 11) is 0. The minimum atomic E-state index is -0.518. The zero-order valence-electron chi connectivity index (χ0n) is 13.4. The van der Waals surface area contributed by atoms with Crippen LogP contribution in [0.25, 0.3) is 6.08 Å². The fourth-order valence-electron chi connectivity index (χ4n) is 2.29. The molecule has 0 amide bonds. The fraction of sp³-hybridized carbons (Fsp3) is 0.111. The van der Waals surface area contributed by atoms with E-state index in [1.165, 1.54) is 0 Å².